The first-order valence-electron chi connectivity index (χ1n) is 8.71. The predicted molar refractivity (Wildman–Crippen MR) is 94.4 cm³/mol. The Kier molecular flexibility index (Phi) is 5.60. The molecule has 6 nitrogen and oxygen atoms in total. The van der Waals surface area contributed by atoms with Crippen molar-refractivity contribution in [2.45, 2.75) is 51.7 Å². The molecule has 1 aliphatic carbocycles. The molecule has 1 atom stereocenters. The first-order chi connectivity index (χ1) is 11.7. The number of hydroxylamine groups is 1. The summed E-state index contributed by atoms with van der Waals surface area (Å²) in [6.07, 6.45) is 3.50. The van der Waals surface area contributed by atoms with Gasteiger partial charge in [-0.25, -0.2) is 5.48 Å². The van der Waals surface area contributed by atoms with Gasteiger partial charge >= 0.3 is 0 Å². The van der Waals surface area contributed by atoms with E-state index in [9.17, 15) is 0 Å². The van der Waals surface area contributed by atoms with Crippen LogP contribution >= 0.6 is 0 Å². The molecule has 2 aromatic rings. The molecule has 2 aromatic heterocycles. The van der Waals surface area contributed by atoms with Crippen LogP contribution in [0.4, 0.5) is 0 Å². The number of aromatic nitrogens is 3. The highest BCUT2D eigenvalue weighted by molar-refractivity contribution is 5.55. The fraction of sp³-hybridized carbons (Fsp3) is 0.556. The van der Waals surface area contributed by atoms with Gasteiger partial charge in [-0.1, -0.05) is 6.07 Å². The molecule has 130 valence electrons. The molecule has 0 aromatic carbocycles. The van der Waals surface area contributed by atoms with E-state index >= 15 is 0 Å². The number of hydrogen-bond donors (Lipinski definition) is 2. The molecule has 2 heterocycles. The minimum Gasteiger partial charge on any atom is -0.306 e. The first kappa shape index (κ1) is 17.1. The van der Waals surface area contributed by atoms with Crippen LogP contribution in [0, 0.1) is 6.92 Å². The Bertz CT molecular complexity index is 665. The maximum atomic E-state index is 4.90. The van der Waals surface area contributed by atoms with Crippen LogP contribution in [0.5, 0.6) is 0 Å². The van der Waals surface area contributed by atoms with Gasteiger partial charge in [0.2, 0.25) is 0 Å². The molecule has 1 fully saturated rings. The summed E-state index contributed by atoms with van der Waals surface area (Å²) in [6, 6.07) is 9.22. The van der Waals surface area contributed by atoms with Crippen LogP contribution in [-0.2, 0) is 11.4 Å². The average Bonchev–Trinajstić information content (AvgIpc) is 3.27. The summed E-state index contributed by atoms with van der Waals surface area (Å²) in [7, 11) is 1.64. The van der Waals surface area contributed by atoms with Crippen LogP contribution in [0.2, 0.25) is 0 Å². The predicted octanol–water partition coefficient (Wildman–Crippen LogP) is 2.61. The zero-order chi connectivity index (χ0) is 16.9. The van der Waals surface area contributed by atoms with Gasteiger partial charge in [-0.15, -0.1) is 0 Å². The second-order valence-corrected chi connectivity index (χ2v) is 6.46. The van der Waals surface area contributed by atoms with Crippen molar-refractivity contribution in [1.29, 1.82) is 0 Å². The third kappa shape index (κ3) is 4.41. The highest BCUT2D eigenvalue weighted by atomic mass is 16.6. The van der Waals surface area contributed by atoms with Gasteiger partial charge in [-0.2, -0.15) is 5.10 Å². The number of nitrogens with one attached hydrogen (secondary N) is 2. The van der Waals surface area contributed by atoms with Crippen molar-refractivity contribution in [2.24, 2.45) is 0 Å². The van der Waals surface area contributed by atoms with Crippen molar-refractivity contribution in [3.8, 4) is 11.4 Å². The molecular formula is C18H27N5O. The van der Waals surface area contributed by atoms with Crippen LogP contribution in [0.15, 0.2) is 24.3 Å². The summed E-state index contributed by atoms with van der Waals surface area (Å²) in [5.41, 5.74) is 7.04. The van der Waals surface area contributed by atoms with Gasteiger partial charge in [0.05, 0.1) is 24.2 Å². The molecule has 0 aliphatic heterocycles. The minimum atomic E-state index is 0.263. The van der Waals surface area contributed by atoms with E-state index in [1.165, 1.54) is 12.8 Å². The van der Waals surface area contributed by atoms with Crippen LogP contribution in [0.25, 0.3) is 11.4 Å². The summed E-state index contributed by atoms with van der Waals surface area (Å²) in [5, 5.41) is 8.46. The highest BCUT2D eigenvalue weighted by Crippen LogP contribution is 2.26. The zero-order valence-electron chi connectivity index (χ0n) is 14.7. The Labute approximate surface area is 143 Å². The van der Waals surface area contributed by atoms with Gasteiger partial charge in [0.1, 0.15) is 0 Å². The van der Waals surface area contributed by atoms with Crippen LogP contribution in [0.3, 0.4) is 0 Å². The van der Waals surface area contributed by atoms with Gasteiger partial charge in [-0.05, 0) is 51.3 Å². The highest BCUT2D eigenvalue weighted by Gasteiger charge is 2.25. The minimum absolute atomic E-state index is 0.263. The summed E-state index contributed by atoms with van der Waals surface area (Å²) in [4.78, 5) is 9.58. The van der Waals surface area contributed by atoms with Gasteiger partial charge < -0.3 is 10.2 Å². The Hall–Kier alpha value is -1.76. The Morgan fingerprint density at radius 2 is 2.21 bits per heavy atom. The Morgan fingerprint density at radius 3 is 2.92 bits per heavy atom. The van der Waals surface area contributed by atoms with Crippen LogP contribution in [0.1, 0.15) is 43.6 Å². The second kappa shape index (κ2) is 7.88. The molecule has 1 saturated carbocycles. The summed E-state index contributed by atoms with van der Waals surface area (Å²) in [5.74, 6) is 0. The van der Waals surface area contributed by atoms with E-state index in [2.05, 4.69) is 39.5 Å². The maximum absolute atomic E-state index is 4.90. The van der Waals surface area contributed by atoms with Crippen LogP contribution < -0.4 is 10.8 Å². The van der Waals surface area contributed by atoms with E-state index in [0.717, 1.165) is 42.3 Å². The molecule has 0 radical (unpaired) electrons. The molecule has 0 amide bonds. The van der Waals surface area contributed by atoms with E-state index in [0.29, 0.717) is 6.04 Å². The third-order valence-corrected chi connectivity index (χ3v) is 4.25. The number of aryl methyl sites for hydroxylation is 2. The molecule has 0 bridgehead atoms. The summed E-state index contributed by atoms with van der Waals surface area (Å²) < 4.78 is 2.07. The van der Waals surface area contributed by atoms with Gasteiger partial charge in [0.25, 0.3) is 0 Å². The summed E-state index contributed by atoms with van der Waals surface area (Å²) >= 11 is 0. The van der Waals surface area contributed by atoms with E-state index in [1.807, 2.05) is 19.1 Å². The standard InChI is InChI=1S/C18H27N5O/c1-13-6-4-7-16(20-13)18-12-17(14(2)21-15-8-9-15)22-23(18)11-5-10-19-24-3/h4,6-7,12,14-15,19,21H,5,8-11H2,1-3H3. The lowest BCUT2D eigenvalue weighted by Gasteiger charge is -2.10. The summed E-state index contributed by atoms with van der Waals surface area (Å²) in [6.45, 7) is 5.83. The molecule has 6 heteroatoms. The monoisotopic (exact) mass is 329 g/mol. The van der Waals surface area contributed by atoms with E-state index in [-0.39, 0.29) is 6.04 Å². The number of pyridine rings is 1. The normalized spacial score (nSPS) is 15.6. The fourth-order valence-electron chi connectivity index (χ4n) is 2.80. The smallest absolute Gasteiger partial charge is 0.0886 e. The Morgan fingerprint density at radius 1 is 1.38 bits per heavy atom. The molecule has 0 saturated heterocycles. The molecule has 3 rings (SSSR count). The molecule has 2 N–H and O–H groups in total. The van der Waals surface area contributed by atoms with Crippen molar-refractivity contribution in [1.82, 2.24) is 25.6 Å². The molecule has 24 heavy (non-hydrogen) atoms. The van der Waals surface area contributed by atoms with E-state index in [4.69, 9.17) is 9.94 Å². The number of nitrogens with zero attached hydrogens (tertiary/aromatic N) is 3. The molecule has 1 aliphatic rings. The van der Waals surface area contributed by atoms with Crippen LogP contribution in [-0.4, -0.2) is 34.5 Å². The lowest BCUT2D eigenvalue weighted by molar-refractivity contribution is 0.0899. The fourth-order valence-corrected chi connectivity index (χ4v) is 2.80. The molecule has 1 unspecified atom stereocenters. The molecular weight excluding hydrogens is 302 g/mol. The largest absolute Gasteiger partial charge is 0.306 e. The molecule has 0 spiro atoms. The average molecular weight is 329 g/mol. The van der Waals surface area contributed by atoms with Gasteiger partial charge in [-0.3, -0.25) is 9.67 Å². The van der Waals surface area contributed by atoms with Crippen molar-refractivity contribution in [2.75, 3.05) is 13.7 Å². The van der Waals surface area contributed by atoms with Crippen molar-refractivity contribution in [3.63, 3.8) is 0 Å². The quantitative estimate of drug-likeness (QED) is 0.547. The zero-order valence-corrected chi connectivity index (χ0v) is 14.7. The van der Waals surface area contributed by atoms with E-state index < -0.39 is 0 Å². The Balaban J connectivity index is 1.81. The third-order valence-electron chi connectivity index (χ3n) is 4.25. The maximum Gasteiger partial charge on any atom is 0.0886 e. The number of rotatable bonds is 9. The topological polar surface area (TPSA) is 64.0 Å². The second-order valence-electron chi connectivity index (χ2n) is 6.46. The number of hydrogen-bond acceptors (Lipinski definition) is 5. The van der Waals surface area contributed by atoms with Gasteiger partial charge in [0, 0.05) is 30.9 Å². The van der Waals surface area contributed by atoms with Crippen molar-refractivity contribution < 1.29 is 4.84 Å². The lowest BCUT2D eigenvalue weighted by atomic mass is 10.2. The van der Waals surface area contributed by atoms with Gasteiger partial charge in [0.15, 0.2) is 0 Å². The first-order valence-corrected chi connectivity index (χ1v) is 8.71. The van der Waals surface area contributed by atoms with Crippen molar-refractivity contribution >= 4 is 0 Å². The lowest BCUT2D eigenvalue weighted by Crippen LogP contribution is -2.21. The van der Waals surface area contributed by atoms with E-state index in [1.54, 1.807) is 7.11 Å². The SMILES string of the molecule is CONCCCn1nc(C(C)NC2CC2)cc1-c1cccc(C)n1. The van der Waals surface area contributed by atoms with Crippen molar-refractivity contribution in [3.05, 3.63) is 35.7 Å².